The van der Waals surface area contributed by atoms with Gasteiger partial charge in [0.05, 0.1) is 0 Å². The molecule has 3 heteroatoms. The van der Waals surface area contributed by atoms with Gasteiger partial charge in [0.1, 0.15) is 5.60 Å². The monoisotopic (exact) mass is 374 g/mol. The van der Waals surface area contributed by atoms with Crippen LogP contribution < -0.4 is 0 Å². The summed E-state index contributed by atoms with van der Waals surface area (Å²) in [6, 6.07) is 0. The molecule has 4 saturated carbocycles. The van der Waals surface area contributed by atoms with Gasteiger partial charge in [-0.05, 0) is 63.7 Å². The Bertz CT molecular complexity index is 412. The average molecular weight is 374 g/mol. The van der Waals surface area contributed by atoms with Crippen LogP contribution in [0.3, 0.4) is 0 Å². The second-order valence-corrected chi connectivity index (χ2v) is 8.10. The predicted molar refractivity (Wildman–Crippen MR) is 84.2 cm³/mol. The summed E-state index contributed by atoms with van der Waals surface area (Å²) in [4.78, 5) is 12.1. The van der Waals surface area contributed by atoms with Crippen LogP contribution in [0.4, 0.5) is 0 Å². The number of carbonyl (C=O) groups excluding carboxylic acids is 1. The lowest BCUT2D eigenvalue weighted by Gasteiger charge is -2.45. The summed E-state index contributed by atoms with van der Waals surface area (Å²) < 4.78 is 6.55. The number of alkyl halides is 1. The van der Waals surface area contributed by atoms with E-state index >= 15 is 0 Å². The highest BCUT2D eigenvalue weighted by molar-refractivity contribution is 14.1. The molecule has 0 aromatic rings. The fraction of sp³-hybridized carbons (Fsp3) is 0.812. The summed E-state index contributed by atoms with van der Waals surface area (Å²) in [6.07, 6.45) is 6.69. The molecule has 4 bridgehead atoms. The molecule has 4 rings (SSSR count). The highest BCUT2D eigenvalue weighted by Gasteiger charge is 2.64. The first kappa shape index (κ1) is 13.9. The molecule has 0 radical (unpaired) electrons. The van der Waals surface area contributed by atoms with E-state index in [9.17, 15) is 4.79 Å². The third-order valence-electron chi connectivity index (χ3n) is 5.99. The average Bonchev–Trinajstić information content (AvgIpc) is 2.74. The van der Waals surface area contributed by atoms with E-state index in [1.807, 2.05) is 0 Å². The molecule has 0 spiro atoms. The molecular formula is C16H23IO2. The van der Waals surface area contributed by atoms with Crippen molar-refractivity contribution in [2.45, 2.75) is 51.6 Å². The summed E-state index contributed by atoms with van der Waals surface area (Å²) in [5, 5.41) is 0. The highest BCUT2D eigenvalue weighted by atomic mass is 127. The van der Waals surface area contributed by atoms with Crippen LogP contribution in [0.1, 0.15) is 46.0 Å². The van der Waals surface area contributed by atoms with Crippen molar-refractivity contribution in [3.05, 3.63) is 12.2 Å². The van der Waals surface area contributed by atoms with Crippen molar-refractivity contribution in [1.29, 1.82) is 0 Å². The van der Waals surface area contributed by atoms with Crippen molar-refractivity contribution < 1.29 is 9.53 Å². The lowest BCUT2D eigenvalue weighted by atomic mass is 9.66. The van der Waals surface area contributed by atoms with E-state index < -0.39 is 0 Å². The van der Waals surface area contributed by atoms with Crippen molar-refractivity contribution in [1.82, 2.24) is 0 Å². The van der Waals surface area contributed by atoms with Crippen molar-refractivity contribution in [3.63, 3.8) is 0 Å². The molecule has 0 aliphatic heterocycles. The van der Waals surface area contributed by atoms with Gasteiger partial charge in [-0.3, -0.25) is 0 Å². The zero-order valence-electron chi connectivity index (χ0n) is 11.9. The van der Waals surface area contributed by atoms with Gasteiger partial charge in [-0.25, -0.2) is 4.79 Å². The standard InChI is InChI=1S/C16H23IO2/c1-10(9-17)14(18)19-15(2,3)16-7-11-4-12(8-16)6-13(16)5-11/h11-13H,1,4-9H2,2-3H3. The van der Waals surface area contributed by atoms with E-state index in [-0.39, 0.29) is 17.0 Å². The van der Waals surface area contributed by atoms with Crippen molar-refractivity contribution in [2.75, 3.05) is 4.43 Å². The Morgan fingerprint density at radius 3 is 2.42 bits per heavy atom. The SMILES string of the molecule is C=C(CI)C(=O)OC(C)(C)C12CC3CC(CC1C3)C2. The largest absolute Gasteiger partial charge is 0.456 e. The van der Waals surface area contributed by atoms with Crippen molar-refractivity contribution in [2.24, 2.45) is 23.2 Å². The summed E-state index contributed by atoms with van der Waals surface area (Å²) in [5.41, 5.74) is 0.498. The second kappa shape index (κ2) is 4.47. The minimum Gasteiger partial charge on any atom is -0.456 e. The Hall–Kier alpha value is -0.0600. The first-order valence-corrected chi connectivity index (χ1v) is 8.87. The number of carbonyl (C=O) groups is 1. The van der Waals surface area contributed by atoms with Crippen LogP contribution in [0, 0.1) is 23.2 Å². The Balaban J connectivity index is 1.81. The van der Waals surface area contributed by atoms with Gasteiger partial charge in [0.2, 0.25) is 0 Å². The predicted octanol–water partition coefficient (Wildman–Crippen LogP) is 4.13. The van der Waals surface area contributed by atoms with Crippen molar-refractivity contribution in [3.8, 4) is 0 Å². The van der Waals surface area contributed by atoms with Crippen LogP contribution in [0.25, 0.3) is 0 Å². The van der Waals surface area contributed by atoms with Gasteiger partial charge >= 0.3 is 5.97 Å². The molecule has 0 N–H and O–H groups in total. The molecule has 2 atom stereocenters. The maximum atomic E-state index is 12.1. The number of hydrogen-bond acceptors (Lipinski definition) is 2. The summed E-state index contributed by atoms with van der Waals surface area (Å²) in [7, 11) is 0. The minimum absolute atomic E-state index is 0.194. The van der Waals surface area contributed by atoms with E-state index in [4.69, 9.17) is 4.74 Å². The van der Waals surface area contributed by atoms with Crippen LogP contribution in [-0.2, 0) is 9.53 Å². The Labute approximate surface area is 129 Å². The number of hydrogen-bond donors (Lipinski definition) is 0. The molecule has 19 heavy (non-hydrogen) atoms. The smallest absolute Gasteiger partial charge is 0.334 e. The van der Waals surface area contributed by atoms with Crippen LogP contribution in [0.15, 0.2) is 12.2 Å². The van der Waals surface area contributed by atoms with Crippen LogP contribution in [0.2, 0.25) is 0 Å². The highest BCUT2D eigenvalue weighted by Crippen LogP contribution is 2.69. The third kappa shape index (κ3) is 1.98. The zero-order valence-corrected chi connectivity index (χ0v) is 14.0. The summed E-state index contributed by atoms with van der Waals surface area (Å²) >= 11 is 2.17. The van der Waals surface area contributed by atoms with Gasteiger partial charge in [0.25, 0.3) is 0 Å². The van der Waals surface area contributed by atoms with Crippen molar-refractivity contribution >= 4 is 28.6 Å². The van der Waals surface area contributed by atoms with Crippen LogP contribution in [-0.4, -0.2) is 16.0 Å². The molecule has 0 aromatic heterocycles. The number of rotatable bonds is 4. The van der Waals surface area contributed by atoms with Gasteiger partial charge < -0.3 is 4.74 Å². The topological polar surface area (TPSA) is 26.3 Å². The Morgan fingerprint density at radius 1 is 1.32 bits per heavy atom. The Kier molecular flexibility index (Phi) is 3.27. The van der Waals surface area contributed by atoms with Crippen LogP contribution in [0.5, 0.6) is 0 Å². The third-order valence-corrected chi connectivity index (χ3v) is 6.91. The molecule has 0 amide bonds. The minimum atomic E-state index is -0.340. The molecule has 0 saturated heterocycles. The van der Waals surface area contributed by atoms with E-state index in [2.05, 4.69) is 43.0 Å². The summed E-state index contributed by atoms with van der Waals surface area (Å²) in [5.74, 6) is 2.37. The number of halogens is 1. The molecule has 0 aromatic carbocycles. The lowest BCUT2D eigenvalue weighted by Crippen LogP contribution is -2.48. The second-order valence-electron chi connectivity index (χ2n) is 7.34. The first-order valence-electron chi connectivity index (χ1n) is 7.35. The van der Waals surface area contributed by atoms with Gasteiger partial charge in [-0.2, -0.15) is 0 Å². The van der Waals surface area contributed by atoms with E-state index in [0.717, 1.165) is 17.8 Å². The maximum Gasteiger partial charge on any atom is 0.334 e. The van der Waals surface area contributed by atoms with E-state index in [0.29, 0.717) is 10.0 Å². The molecule has 106 valence electrons. The Morgan fingerprint density at radius 2 is 1.89 bits per heavy atom. The summed E-state index contributed by atoms with van der Waals surface area (Å²) in [6.45, 7) is 8.08. The molecule has 0 heterocycles. The van der Waals surface area contributed by atoms with E-state index in [1.165, 1.54) is 32.1 Å². The van der Waals surface area contributed by atoms with E-state index in [1.54, 1.807) is 0 Å². The fourth-order valence-corrected chi connectivity index (χ4v) is 5.55. The number of ether oxygens (including phenoxy) is 1. The van der Waals surface area contributed by atoms with Gasteiger partial charge in [-0.1, -0.05) is 29.2 Å². The van der Waals surface area contributed by atoms with Gasteiger partial charge in [0, 0.05) is 15.4 Å². The van der Waals surface area contributed by atoms with Gasteiger partial charge in [-0.15, -0.1) is 0 Å². The van der Waals surface area contributed by atoms with Crippen LogP contribution >= 0.6 is 22.6 Å². The molecule has 2 unspecified atom stereocenters. The molecular weight excluding hydrogens is 351 g/mol. The lowest BCUT2D eigenvalue weighted by molar-refractivity contribution is -0.169. The normalized spacial score (nSPS) is 39.6. The first-order chi connectivity index (χ1) is 8.88. The zero-order chi connectivity index (χ0) is 13.8. The molecule has 4 aliphatic rings. The van der Waals surface area contributed by atoms with Gasteiger partial charge in [0.15, 0.2) is 0 Å². The quantitative estimate of drug-likeness (QED) is 0.320. The maximum absolute atomic E-state index is 12.1. The number of esters is 1. The molecule has 2 nitrogen and oxygen atoms in total. The molecule has 4 fully saturated rings. The fourth-order valence-electron chi connectivity index (χ4n) is 5.24. The molecule has 4 aliphatic carbocycles.